The van der Waals surface area contributed by atoms with Crippen LogP contribution in [0.3, 0.4) is 0 Å². The predicted molar refractivity (Wildman–Crippen MR) is 67.9 cm³/mol. The lowest BCUT2D eigenvalue weighted by atomic mass is 10.2. The fraction of sp³-hybridized carbons (Fsp3) is 0.250. The van der Waals surface area contributed by atoms with Gasteiger partial charge in [0, 0.05) is 18.3 Å². The molecule has 0 radical (unpaired) electrons. The maximum absolute atomic E-state index is 12.8. The summed E-state index contributed by atoms with van der Waals surface area (Å²) >= 11 is 5.75. The number of aromatic nitrogens is 2. The minimum atomic E-state index is -4.44. The van der Waals surface area contributed by atoms with Gasteiger partial charge < -0.3 is 5.32 Å². The molecule has 1 heterocycles. The number of anilines is 1. The zero-order chi connectivity index (χ0) is 14.2. The van der Waals surface area contributed by atoms with Crippen LogP contribution in [0.1, 0.15) is 11.3 Å². The maximum atomic E-state index is 12.8. The number of hydrogen-bond acceptors (Lipinski definition) is 2. The van der Waals surface area contributed by atoms with Crippen molar-refractivity contribution in [3.63, 3.8) is 0 Å². The van der Waals surface area contributed by atoms with Gasteiger partial charge in [-0.2, -0.15) is 13.2 Å². The van der Waals surface area contributed by atoms with E-state index in [0.29, 0.717) is 17.3 Å². The Morgan fingerprint density at radius 3 is 2.53 bits per heavy atom. The molecule has 0 bridgehead atoms. The number of aryl methyl sites for hydroxylation is 1. The van der Waals surface area contributed by atoms with Crippen molar-refractivity contribution >= 4 is 17.5 Å². The number of benzene rings is 1. The molecular formula is C12H11ClF3N3. The number of rotatable bonds is 2. The number of hydrogen-bond donors (Lipinski definition) is 1. The van der Waals surface area contributed by atoms with Gasteiger partial charge in [0.2, 0.25) is 5.95 Å². The monoisotopic (exact) mass is 289 g/mol. The molecule has 0 fully saturated rings. The minimum absolute atomic E-state index is 0.0261. The summed E-state index contributed by atoms with van der Waals surface area (Å²) in [6.45, 7) is 1.76. The van der Waals surface area contributed by atoms with Crippen molar-refractivity contribution in [3.05, 3.63) is 40.7 Å². The molecule has 0 amide bonds. The van der Waals surface area contributed by atoms with Gasteiger partial charge in [-0.1, -0.05) is 11.6 Å². The van der Waals surface area contributed by atoms with Crippen LogP contribution in [-0.4, -0.2) is 16.6 Å². The highest BCUT2D eigenvalue weighted by Gasteiger charge is 2.31. The minimum Gasteiger partial charge on any atom is -0.358 e. The first-order valence-electron chi connectivity index (χ1n) is 5.43. The second-order valence-corrected chi connectivity index (χ2v) is 4.46. The van der Waals surface area contributed by atoms with E-state index in [1.165, 1.54) is 10.6 Å². The topological polar surface area (TPSA) is 29.9 Å². The van der Waals surface area contributed by atoms with Crippen molar-refractivity contribution in [2.75, 3.05) is 12.4 Å². The highest BCUT2D eigenvalue weighted by molar-refractivity contribution is 6.30. The van der Waals surface area contributed by atoms with Crippen LogP contribution in [0, 0.1) is 6.92 Å². The van der Waals surface area contributed by atoms with Gasteiger partial charge in [-0.05, 0) is 25.1 Å². The van der Waals surface area contributed by atoms with Crippen LogP contribution in [0.15, 0.2) is 24.4 Å². The summed E-state index contributed by atoms with van der Waals surface area (Å²) in [6, 6.07) is 3.39. The molecule has 2 rings (SSSR count). The molecule has 1 N–H and O–H groups in total. The maximum Gasteiger partial charge on any atom is 0.416 e. The fourth-order valence-electron chi connectivity index (χ4n) is 1.75. The molecule has 0 atom stereocenters. The van der Waals surface area contributed by atoms with Gasteiger partial charge in [0.25, 0.3) is 0 Å². The Morgan fingerprint density at radius 1 is 1.26 bits per heavy atom. The summed E-state index contributed by atoms with van der Waals surface area (Å²) in [5.41, 5.74) is 0.214. The second kappa shape index (κ2) is 4.77. The lowest BCUT2D eigenvalue weighted by Gasteiger charge is -2.12. The number of alkyl halides is 3. The molecule has 0 unspecified atom stereocenters. The standard InChI is InChI=1S/C12H11ClF3N3/c1-7-6-19(11(17-2)18-7)10-4-8(12(14,15)16)3-9(13)5-10/h3-6H,1-2H3,(H,17,18). The molecular weight excluding hydrogens is 279 g/mol. The summed E-state index contributed by atoms with van der Waals surface area (Å²) < 4.78 is 39.8. The van der Waals surface area contributed by atoms with Gasteiger partial charge in [-0.25, -0.2) is 4.98 Å². The Bertz CT molecular complexity index is 605. The van der Waals surface area contributed by atoms with E-state index in [-0.39, 0.29) is 5.02 Å². The van der Waals surface area contributed by atoms with Gasteiger partial charge >= 0.3 is 6.18 Å². The molecule has 0 spiro atoms. The third-order valence-corrected chi connectivity index (χ3v) is 2.76. The van der Waals surface area contributed by atoms with Crippen LogP contribution in [0.4, 0.5) is 19.1 Å². The first-order valence-corrected chi connectivity index (χ1v) is 5.81. The van der Waals surface area contributed by atoms with E-state index in [9.17, 15) is 13.2 Å². The van der Waals surface area contributed by atoms with Crippen molar-refractivity contribution in [2.24, 2.45) is 0 Å². The third-order valence-electron chi connectivity index (χ3n) is 2.54. The fourth-order valence-corrected chi connectivity index (χ4v) is 1.98. The van der Waals surface area contributed by atoms with Crippen LogP contribution >= 0.6 is 11.6 Å². The number of nitrogens with one attached hydrogen (secondary N) is 1. The Labute approximate surface area is 113 Å². The van der Waals surface area contributed by atoms with Gasteiger partial charge in [0.1, 0.15) is 0 Å². The Balaban J connectivity index is 2.59. The molecule has 1 aromatic carbocycles. The van der Waals surface area contributed by atoms with E-state index in [2.05, 4.69) is 10.3 Å². The van der Waals surface area contributed by atoms with Gasteiger partial charge in [0.15, 0.2) is 0 Å². The third kappa shape index (κ3) is 2.84. The molecule has 1 aromatic heterocycles. The average Bonchev–Trinajstić information content (AvgIpc) is 2.68. The Kier molecular flexibility index (Phi) is 3.45. The Hall–Kier alpha value is -1.69. The molecule has 3 nitrogen and oxygen atoms in total. The largest absolute Gasteiger partial charge is 0.416 e. The molecule has 2 aromatic rings. The number of halogens is 4. The van der Waals surface area contributed by atoms with E-state index < -0.39 is 11.7 Å². The smallest absolute Gasteiger partial charge is 0.358 e. The highest BCUT2D eigenvalue weighted by atomic mass is 35.5. The SMILES string of the molecule is CNc1nc(C)cn1-c1cc(Cl)cc(C(F)(F)F)c1. The molecule has 19 heavy (non-hydrogen) atoms. The van der Waals surface area contributed by atoms with Crippen LogP contribution in [0.2, 0.25) is 5.02 Å². The van der Waals surface area contributed by atoms with E-state index in [0.717, 1.165) is 12.1 Å². The second-order valence-electron chi connectivity index (χ2n) is 4.02. The first kappa shape index (κ1) is 13.7. The normalized spacial score (nSPS) is 11.7. The van der Waals surface area contributed by atoms with Gasteiger partial charge in [0.05, 0.1) is 16.9 Å². The lowest BCUT2D eigenvalue weighted by molar-refractivity contribution is -0.137. The number of imidazole rings is 1. The molecule has 0 aliphatic heterocycles. The van der Waals surface area contributed by atoms with Crippen molar-refractivity contribution < 1.29 is 13.2 Å². The summed E-state index contributed by atoms with van der Waals surface area (Å²) in [5, 5.41) is 2.85. The lowest BCUT2D eigenvalue weighted by Crippen LogP contribution is -2.07. The summed E-state index contributed by atoms with van der Waals surface area (Å²) in [7, 11) is 1.65. The van der Waals surface area contributed by atoms with E-state index in [1.54, 1.807) is 20.2 Å². The zero-order valence-corrected chi connectivity index (χ0v) is 11.0. The van der Waals surface area contributed by atoms with Crippen LogP contribution in [-0.2, 0) is 6.18 Å². The van der Waals surface area contributed by atoms with Crippen molar-refractivity contribution in [3.8, 4) is 5.69 Å². The van der Waals surface area contributed by atoms with Gasteiger partial charge in [-0.3, -0.25) is 4.57 Å². The Morgan fingerprint density at radius 2 is 1.95 bits per heavy atom. The van der Waals surface area contributed by atoms with Crippen molar-refractivity contribution in [1.82, 2.24) is 9.55 Å². The van der Waals surface area contributed by atoms with Crippen LogP contribution < -0.4 is 5.32 Å². The molecule has 0 aliphatic carbocycles. The average molecular weight is 290 g/mol. The molecule has 0 saturated heterocycles. The van der Waals surface area contributed by atoms with Crippen LogP contribution in [0.25, 0.3) is 5.69 Å². The quantitative estimate of drug-likeness (QED) is 0.909. The van der Waals surface area contributed by atoms with E-state index in [4.69, 9.17) is 11.6 Å². The number of nitrogens with zero attached hydrogens (tertiary/aromatic N) is 2. The summed E-state index contributed by atoms with van der Waals surface area (Å²) in [4.78, 5) is 4.15. The predicted octanol–water partition coefficient (Wildman–Crippen LogP) is 3.89. The molecule has 7 heteroatoms. The molecule has 102 valence electrons. The summed E-state index contributed by atoms with van der Waals surface area (Å²) in [6.07, 6.45) is -2.80. The first-order chi connectivity index (χ1) is 8.81. The molecule has 0 aliphatic rings. The molecule has 0 saturated carbocycles. The van der Waals surface area contributed by atoms with Crippen LogP contribution in [0.5, 0.6) is 0 Å². The zero-order valence-electron chi connectivity index (χ0n) is 10.2. The van der Waals surface area contributed by atoms with Crippen molar-refractivity contribution in [2.45, 2.75) is 13.1 Å². The highest BCUT2D eigenvalue weighted by Crippen LogP contribution is 2.33. The van der Waals surface area contributed by atoms with Gasteiger partial charge in [-0.15, -0.1) is 0 Å². The summed E-state index contributed by atoms with van der Waals surface area (Å²) in [5.74, 6) is 0.452. The van der Waals surface area contributed by atoms with E-state index >= 15 is 0 Å². The van der Waals surface area contributed by atoms with E-state index in [1.807, 2.05) is 0 Å². The van der Waals surface area contributed by atoms with Crippen molar-refractivity contribution in [1.29, 1.82) is 0 Å².